The van der Waals surface area contributed by atoms with Crippen LogP contribution >= 0.6 is 12.1 Å². The number of carbonyl (C=O) groups excluding carboxylic acids is 1. The Morgan fingerprint density at radius 1 is 1.15 bits per heavy atom. The SMILES string of the molecule is COCCNSNc1cc2[nH]c(C(=O)c3cnn(-c4ccc(Oc5ccccc5F)cc4C)c3N)cc2cc1OF. The summed E-state index contributed by atoms with van der Waals surface area (Å²) in [5.74, 6) is -0.230. The first-order chi connectivity index (χ1) is 19.9. The number of benzene rings is 3. The number of hydrogen-bond donors (Lipinski definition) is 4. The molecule has 0 saturated carbocycles. The van der Waals surface area contributed by atoms with E-state index in [1.165, 1.54) is 29.1 Å². The summed E-state index contributed by atoms with van der Waals surface area (Å²) in [4.78, 5) is 20.5. The summed E-state index contributed by atoms with van der Waals surface area (Å²) in [7, 11) is 1.59. The molecule has 0 bridgehead atoms. The van der Waals surface area contributed by atoms with Crippen molar-refractivity contribution in [2.24, 2.45) is 0 Å². The first-order valence-corrected chi connectivity index (χ1v) is 13.2. The summed E-state index contributed by atoms with van der Waals surface area (Å²) in [6.45, 7) is 2.91. The normalized spacial score (nSPS) is 11.1. The van der Waals surface area contributed by atoms with Gasteiger partial charge in [0.1, 0.15) is 11.6 Å². The molecule has 2 heterocycles. The minimum atomic E-state index is -0.472. The fraction of sp³-hybridized carbons (Fsp3) is 0.143. The van der Waals surface area contributed by atoms with E-state index in [2.05, 4.69) is 24.5 Å². The van der Waals surface area contributed by atoms with Gasteiger partial charge < -0.3 is 24.9 Å². The lowest BCUT2D eigenvalue weighted by atomic mass is 10.1. The molecule has 13 heteroatoms. The summed E-state index contributed by atoms with van der Waals surface area (Å²) in [6, 6.07) is 15.9. The number of H-pyrrole nitrogens is 1. The first kappa shape index (κ1) is 28.0. The topological polar surface area (TPSA) is 128 Å². The number of para-hydroxylation sites is 1. The number of nitrogens with two attached hydrogens (primary N) is 1. The molecule has 0 aliphatic heterocycles. The van der Waals surface area contributed by atoms with Gasteiger partial charge in [0.25, 0.3) is 0 Å². The number of halogens is 2. The summed E-state index contributed by atoms with van der Waals surface area (Å²) in [5, 5.41) is 4.90. The second-order valence-electron chi connectivity index (χ2n) is 8.95. The Morgan fingerprint density at radius 2 is 1.98 bits per heavy atom. The number of ketones is 1. The minimum Gasteiger partial charge on any atom is -0.454 e. The zero-order valence-corrected chi connectivity index (χ0v) is 22.9. The van der Waals surface area contributed by atoms with Gasteiger partial charge in [-0.1, -0.05) is 12.1 Å². The first-order valence-electron chi connectivity index (χ1n) is 12.4. The highest BCUT2D eigenvalue weighted by Crippen LogP contribution is 2.34. The van der Waals surface area contributed by atoms with Gasteiger partial charge in [0.05, 0.1) is 35.4 Å². The van der Waals surface area contributed by atoms with Crippen molar-refractivity contribution in [3.8, 4) is 22.9 Å². The number of anilines is 2. The number of aromatic nitrogens is 3. The molecule has 0 aliphatic rings. The number of hydrogen-bond acceptors (Lipinski definition) is 9. The van der Waals surface area contributed by atoms with Crippen LogP contribution in [-0.2, 0) is 4.74 Å². The van der Waals surface area contributed by atoms with Gasteiger partial charge in [-0.05, 0) is 61.0 Å². The molecule has 0 spiro atoms. The maximum Gasteiger partial charge on any atom is 0.214 e. The van der Waals surface area contributed by atoms with Crippen molar-refractivity contribution in [1.29, 1.82) is 0 Å². The van der Waals surface area contributed by atoms with Gasteiger partial charge in [-0.2, -0.15) is 5.10 Å². The summed E-state index contributed by atoms with van der Waals surface area (Å²) in [6.07, 6.45) is 1.39. The van der Waals surface area contributed by atoms with Crippen molar-refractivity contribution >= 4 is 40.3 Å². The molecule has 0 aliphatic carbocycles. The summed E-state index contributed by atoms with van der Waals surface area (Å²) >= 11 is 1.14. The average Bonchev–Trinajstić information content (AvgIpc) is 3.56. The molecule has 10 nitrogen and oxygen atoms in total. The quantitative estimate of drug-likeness (QED) is 0.0812. The molecule has 0 saturated heterocycles. The molecule has 0 amide bonds. The third kappa shape index (κ3) is 5.96. The Bertz CT molecular complexity index is 1710. The average molecular weight is 581 g/mol. The number of nitrogens with one attached hydrogen (secondary N) is 3. The Balaban J connectivity index is 1.36. The summed E-state index contributed by atoms with van der Waals surface area (Å²) < 4.78 is 45.3. The maximum atomic E-state index is 14.0. The number of carbonyl (C=O) groups is 1. The van der Waals surface area contributed by atoms with Gasteiger partial charge in [-0.3, -0.25) is 9.74 Å². The second-order valence-corrected chi connectivity index (χ2v) is 9.65. The van der Waals surface area contributed by atoms with Gasteiger partial charge in [0, 0.05) is 41.2 Å². The van der Waals surface area contributed by atoms with Crippen LogP contribution in [-0.4, -0.2) is 40.8 Å². The Labute approximate surface area is 237 Å². The van der Waals surface area contributed by atoms with Crippen molar-refractivity contribution in [3.05, 3.63) is 89.5 Å². The van der Waals surface area contributed by atoms with Crippen LogP contribution in [0.15, 0.2) is 66.9 Å². The van der Waals surface area contributed by atoms with Crippen molar-refractivity contribution in [2.45, 2.75) is 6.92 Å². The smallest absolute Gasteiger partial charge is 0.214 e. The van der Waals surface area contributed by atoms with Crippen LogP contribution < -0.4 is 24.9 Å². The highest BCUT2D eigenvalue weighted by atomic mass is 32.2. The zero-order valence-electron chi connectivity index (χ0n) is 22.0. The predicted octanol–water partition coefficient (Wildman–Crippen LogP) is 5.88. The van der Waals surface area contributed by atoms with E-state index in [1.54, 1.807) is 49.6 Å². The van der Waals surface area contributed by atoms with E-state index in [-0.39, 0.29) is 28.6 Å². The Morgan fingerprint density at radius 3 is 2.73 bits per heavy atom. The fourth-order valence-corrected chi connectivity index (χ4v) is 4.69. The van der Waals surface area contributed by atoms with E-state index >= 15 is 0 Å². The van der Waals surface area contributed by atoms with Crippen LogP contribution in [0.25, 0.3) is 16.6 Å². The molecule has 212 valence electrons. The third-order valence-electron chi connectivity index (χ3n) is 6.20. The van der Waals surface area contributed by atoms with E-state index in [0.29, 0.717) is 41.2 Å². The van der Waals surface area contributed by atoms with E-state index < -0.39 is 11.6 Å². The lowest BCUT2D eigenvalue weighted by Crippen LogP contribution is -2.13. The highest BCUT2D eigenvalue weighted by Gasteiger charge is 2.21. The number of nitrogens with zero attached hydrogens (tertiary/aromatic N) is 2. The number of aryl methyl sites for hydroxylation is 1. The second kappa shape index (κ2) is 12.3. The third-order valence-corrected chi connectivity index (χ3v) is 6.87. The van der Waals surface area contributed by atoms with Gasteiger partial charge in [0.15, 0.2) is 17.3 Å². The van der Waals surface area contributed by atoms with E-state index in [0.717, 1.165) is 17.7 Å². The van der Waals surface area contributed by atoms with Gasteiger partial charge in [-0.15, -0.1) is 0 Å². The van der Waals surface area contributed by atoms with Gasteiger partial charge in [0.2, 0.25) is 5.78 Å². The van der Waals surface area contributed by atoms with Crippen LogP contribution in [0.4, 0.5) is 20.4 Å². The van der Waals surface area contributed by atoms with E-state index in [4.69, 9.17) is 15.2 Å². The number of aromatic amines is 1. The largest absolute Gasteiger partial charge is 0.454 e. The van der Waals surface area contributed by atoms with Crippen LogP contribution in [0.3, 0.4) is 0 Å². The molecular weight excluding hydrogens is 554 g/mol. The van der Waals surface area contributed by atoms with E-state index in [1.807, 2.05) is 6.92 Å². The number of ether oxygens (including phenoxy) is 2. The standard InChI is InChI=1S/C28H26F2N6O4S/c1-16-11-18(39-25-6-4-3-5-20(25)29)7-8-24(16)36-28(31)19(15-32-36)27(37)23-12-17-13-26(40-30)22(14-21(17)34-23)35-41-33-9-10-38-2/h3-8,11-15,33-35H,9-10,31H2,1-2H3. The molecule has 5 rings (SSSR count). The lowest BCUT2D eigenvalue weighted by Gasteiger charge is -2.12. The Kier molecular flexibility index (Phi) is 8.38. The maximum absolute atomic E-state index is 14.0. The van der Waals surface area contributed by atoms with Crippen molar-refractivity contribution < 1.29 is 28.1 Å². The zero-order chi connectivity index (χ0) is 28.9. The van der Waals surface area contributed by atoms with Gasteiger partial charge in [-0.25, -0.2) is 13.8 Å². The molecular formula is C28H26F2N6O4S. The monoisotopic (exact) mass is 580 g/mol. The molecule has 5 aromatic rings. The van der Waals surface area contributed by atoms with Crippen LogP contribution in [0.2, 0.25) is 0 Å². The van der Waals surface area contributed by atoms with Crippen LogP contribution in [0, 0.1) is 12.7 Å². The molecule has 0 fully saturated rings. The van der Waals surface area contributed by atoms with Crippen molar-refractivity contribution in [2.75, 3.05) is 30.7 Å². The molecule has 41 heavy (non-hydrogen) atoms. The summed E-state index contributed by atoms with van der Waals surface area (Å²) in [5.41, 5.74) is 9.10. The van der Waals surface area contributed by atoms with Crippen molar-refractivity contribution in [3.63, 3.8) is 0 Å². The predicted molar refractivity (Wildman–Crippen MR) is 154 cm³/mol. The molecule has 0 atom stereocenters. The number of rotatable bonds is 12. The molecule has 0 unspecified atom stereocenters. The molecule has 3 aromatic carbocycles. The minimum absolute atomic E-state index is 0.0400. The number of methoxy groups -OCH3 is 1. The van der Waals surface area contributed by atoms with Crippen LogP contribution in [0.5, 0.6) is 17.2 Å². The lowest BCUT2D eigenvalue weighted by molar-refractivity contribution is -0.00504. The number of nitrogen functional groups attached to an aromatic ring is 1. The Hall–Kier alpha value is -4.59. The molecule has 5 N–H and O–H groups in total. The molecule has 2 aromatic heterocycles. The fourth-order valence-electron chi connectivity index (χ4n) is 4.17. The highest BCUT2D eigenvalue weighted by molar-refractivity contribution is 7.98. The molecule has 0 radical (unpaired) electrons. The number of fused-ring (bicyclic) bond motifs is 1. The van der Waals surface area contributed by atoms with Gasteiger partial charge >= 0.3 is 0 Å². The van der Waals surface area contributed by atoms with Crippen LogP contribution in [0.1, 0.15) is 21.6 Å². The van der Waals surface area contributed by atoms with E-state index in [9.17, 15) is 13.7 Å². The van der Waals surface area contributed by atoms with Crippen molar-refractivity contribution in [1.82, 2.24) is 19.5 Å².